The Morgan fingerprint density at radius 3 is 2.45 bits per heavy atom. The van der Waals surface area contributed by atoms with E-state index < -0.39 is 5.97 Å². The number of carbonyl (C=O) groups is 2. The first kappa shape index (κ1) is 18.4. The SMILES string of the molecule is CCCCCC(=O)/C=C\C=C\C/C=C/CCCC(=O)O. The van der Waals surface area contributed by atoms with Crippen molar-refractivity contribution >= 4 is 11.8 Å². The molecule has 0 saturated heterocycles. The van der Waals surface area contributed by atoms with Crippen LogP contribution < -0.4 is 0 Å². The van der Waals surface area contributed by atoms with Gasteiger partial charge in [0.2, 0.25) is 0 Å². The normalized spacial score (nSPS) is 11.8. The van der Waals surface area contributed by atoms with Crippen LogP contribution in [0.2, 0.25) is 0 Å². The maximum Gasteiger partial charge on any atom is 0.303 e. The van der Waals surface area contributed by atoms with Crippen molar-refractivity contribution in [1.29, 1.82) is 0 Å². The maximum absolute atomic E-state index is 11.4. The third-order valence-electron chi connectivity index (χ3n) is 2.76. The zero-order chi connectivity index (χ0) is 15.1. The van der Waals surface area contributed by atoms with Crippen LogP contribution in [0.3, 0.4) is 0 Å². The minimum absolute atomic E-state index is 0.187. The molecule has 20 heavy (non-hydrogen) atoms. The average molecular weight is 278 g/mol. The van der Waals surface area contributed by atoms with Gasteiger partial charge in [-0.2, -0.15) is 0 Å². The fraction of sp³-hybridized carbons (Fsp3) is 0.529. The first-order valence-corrected chi connectivity index (χ1v) is 7.39. The molecule has 0 rings (SSSR count). The zero-order valence-corrected chi connectivity index (χ0v) is 12.4. The van der Waals surface area contributed by atoms with Crippen molar-refractivity contribution in [3.05, 3.63) is 36.5 Å². The van der Waals surface area contributed by atoms with Gasteiger partial charge in [-0.1, -0.05) is 50.1 Å². The molecule has 0 aliphatic heterocycles. The second kappa shape index (κ2) is 13.8. The molecular formula is C17H26O3. The van der Waals surface area contributed by atoms with Crippen LogP contribution in [0.4, 0.5) is 0 Å². The van der Waals surface area contributed by atoms with Gasteiger partial charge in [-0.25, -0.2) is 0 Å². The van der Waals surface area contributed by atoms with E-state index >= 15 is 0 Å². The molecule has 0 aliphatic rings. The standard InChI is InChI=1S/C17H26O3/c1-2-3-10-13-16(18)14-11-8-6-4-5-7-9-12-15-17(19)20/h5-8,11,14H,2-4,9-10,12-13,15H2,1H3,(H,19,20)/b7-5+,8-6+,14-11-. The molecule has 0 amide bonds. The summed E-state index contributed by atoms with van der Waals surface area (Å²) in [6, 6.07) is 0. The predicted octanol–water partition coefficient (Wildman–Crippen LogP) is 4.45. The van der Waals surface area contributed by atoms with Crippen LogP contribution >= 0.6 is 0 Å². The molecule has 3 nitrogen and oxygen atoms in total. The highest BCUT2D eigenvalue weighted by Crippen LogP contribution is 2.01. The smallest absolute Gasteiger partial charge is 0.303 e. The third kappa shape index (κ3) is 14.4. The lowest BCUT2D eigenvalue weighted by atomic mass is 10.1. The van der Waals surface area contributed by atoms with Crippen molar-refractivity contribution in [1.82, 2.24) is 0 Å². The van der Waals surface area contributed by atoms with Crippen LogP contribution in [0.5, 0.6) is 0 Å². The first-order chi connectivity index (χ1) is 9.66. The van der Waals surface area contributed by atoms with Gasteiger partial charge >= 0.3 is 5.97 Å². The van der Waals surface area contributed by atoms with Crippen LogP contribution in [0.25, 0.3) is 0 Å². The van der Waals surface area contributed by atoms with Crippen molar-refractivity contribution < 1.29 is 14.7 Å². The molecule has 0 spiro atoms. The van der Waals surface area contributed by atoms with Gasteiger partial charge in [0.05, 0.1) is 0 Å². The molecule has 0 heterocycles. The molecule has 0 aromatic heterocycles. The highest BCUT2D eigenvalue weighted by atomic mass is 16.4. The molecule has 0 fully saturated rings. The number of ketones is 1. The average Bonchev–Trinajstić information content (AvgIpc) is 2.41. The molecule has 0 aromatic rings. The van der Waals surface area contributed by atoms with E-state index in [4.69, 9.17) is 5.11 Å². The quantitative estimate of drug-likeness (QED) is 0.248. The Morgan fingerprint density at radius 1 is 0.950 bits per heavy atom. The topological polar surface area (TPSA) is 54.4 Å². The van der Waals surface area contributed by atoms with E-state index in [1.54, 1.807) is 12.2 Å². The Labute approximate surface area is 122 Å². The fourth-order valence-corrected chi connectivity index (χ4v) is 1.62. The van der Waals surface area contributed by atoms with E-state index in [-0.39, 0.29) is 12.2 Å². The monoisotopic (exact) mass is 278 g/mol. The van der Waals surface area contributed by atoms with E-state index in [2.05, 4.69) is 6.92 Å². The number of hydrogen-bond acceptors (Lipinski definition) is 2. The number of carboxylic acid groups (broad SMARTS) is 1. The van der Waals surface area contributed by atoms with Gasteiger partial charge in [0.1, 0.15) is 0 Å². The van der Waals surface area contributed by atoms with Crippen LogP contribution in [0.15, 0.2) is 36.5 Å². The molecule has 0 saturated carbocycles. The van der Waals surface area contributed by atoms with Crippen molar-refractivity contribution in [3.8, 4) is 0 Å². The molecule has 1 N–H and O–H groups in total. The van der Waals surface area contributed by atoms with Gasteiger partial charge in [0, 0.05) is 12.8 Å². The van der Waals surface area contributed by atoms with Gasteiger partial charge in [-0.05, 0) is 31.8 Å². The number of allylic oxidation sites excluding steroid dienone is 6. The molecule has 0 bridgehead atoms. The van der Waals surface area contributed by atoms with Gasteiger partial charge in [-0.3, -0.25) is 9.59 Å². The highest BCUT2D eigenvalue weighted by molar-refractivity contribution is 5.89. The molecule has 0 radical (unpaired) electrons. The Bertz CT molecular complexity index is 351. The van der Waals surface area contributed by atoms with E-state index in [1.807, 2.05) is 24.3 Å². The lowest BCUT2D eigenvalue weighted by Crippen LogP contribution is -1.92. The predicted molar refractivity (Wildman–Crippen MR) is 82.7 cm³/mol. The lowest BCUT2D eigenvalue weighted by molar-refractivity contribution is -0.137. The Hall–Kier alpha value is -1.64. The second-order valence-electron chi connectivity index (χ2n) is 4.70. The molecule has 0 aliphatic carbocycles. The van der Waals surface area contributed by atoms with Crippen LogP contribution in [0, 0.1) is 0 Å². The minimum atomic E-state index is -0.743. The number of carbonyl (C=O) groups excluding carboxylic acids is 1. The summed E-state index contributed by atoms with van der Waals surface area (Å²) in [5, 5.41) is 8.46. The number of carboxylic acids is 1. The Balaban J connectivity index is 3.57. The summed E-state index contributed by atoms with van der Waals surface area (Å²) in [6.07, 6.45) is 17.6. The molecule has 0 atom stereocenters. The van der Waals surface area contributed by atoms with Gasteiger partial charge in [0.15, 0.2) is 5.78 Å². The fourth-order valence-electron chi connectivity index (χ4n) is 1.62. The van der Waals surface area contributed by atoms with Crippen molar-refractivity contribution in [2.24, 2.45) is 0 Å². The molecule has 0 unspecified atom stereocenters. The summed E-state index contributed by atoms with van der Waals surface area (Å²) in [4.78, 5) is 21.7. The lowest BCUT2D eigenvalue weighted by Gasteiger charge is -1.92. The first-order valence-electron chi connectivity index (χ1n) is 7.39. The summed E-state index contributed by atoms with van der Waals surface area (Å²) in [6.45, 7) is 2.12. The van der Waals surface area contributed by atoms with Crippen molar-refractivity contribution in [3.63, 3.8) is 0 Å². The van der Waals surface area contributed by atoms with E-state index in [9.17, 15) is 9.59 Å². The Kier molecular flexibility index (Phi) is 12.7. The van der Waals surface area contributed by atoms with Crippen LogP contribution in [0.1, 0.15) is 58.3 Å². The van der Waals surface area contributed by atoms with Gasteiger partial charge in [0.25, 0.3) is 0 Å². The second-order valence-corrected chi connectivity index (χ2v) is 4.70. The van der Waals surface area contributed by atoms with E-state index in [1.165, 1.54) is 0 Å². The zero-order valence-electron chi connectivity index (χ0n) is 12.4. The highest BCUT2D eigenvalue weighted by Gasteiger charge is 1.94. The summed E-state index contributed by atoms with van der Waals surface area (Å²) in [5.74, 6) is -0.556. The molecule has 112 valence electrons. The summed E-state index contributed by atoms with van der Waals surface area (Å²) < 4.78 is 0. The number of rotatable bonds is 12. The van der Waals surface area contributed by atoms with Gasteiger partial charge in [-0.15, -0.1) is 0 Å². The van der Waals surface area contributed by atoms with Gasteiger partial charge < -0.3 is 5.11 Å². The third-order valence-corrected chi connectivity index (χ3v) is 2.76. The molecule has 3 heteroatoms. The number of unbranched alkanes of at least 4 members (excludes halogenated alkanes) is 3. The van der Waals surface area contributed by atoms with E-state index in [0.29, 0.717) is 12.8 Å². The molecule has 0 aromatic carbocycles. The largest absolute Gasteiger partial charge is 0.481 e. The number of hydrogen-bond donors (Lipinski definition) is 1. The van der Waals surface area contributed by atoms with Crippen LogP contribution in [-0.4, -0.2) is 16.9 Å². The van der Waals surface area contributed by atoms with E-state index in [0.717, 1.165) is 32.1 Å². The minimum Gasteiger partial charge on any atom is -0.481 e. The van der Waals surface area contributed by atoms with Crippen molar-refractivity contribution in [2.75, 3.05) is 0 Å². The van der Waals surface area contributed by atoms with Crippen LogP contribution in [-0.2, 0) is 9.59 Å². The molecular weight excluding hydrogens is 252 g/mol. The summed E-state index contributed by atoms with van der Waals surface area (Å²) >= 11 is 0. The number of aliphatic carboxylic acids is 1. The maximum atomic E-state index is 11.4. The Morgan fingerprint density at radius 2 is 1.75 bits per heavy atom. The summed E-state index contributed by atoms with van der Waals surface area (Å²) in [5.41, 5.74) is 0. The summed E-state index contributed by atoms with van der Waals surface area (Å²) in [7, 11) is 0. The van der Waals surface area contributed by atoms with Crippen molar-refractivity contribution in [2.45, 2.75) is 58.3 Å².